The molecule has 0 aliphatic rings. The number of methoxy groups -OCH3 is 2. The first-order valence-corrected chi connectivity index (χ1v) is 8.58. The molecule has 2 aromatic carbocycles. The smallest absolute Gasteiger partial charge is 0.416 e. The van der Waals surface area contributed by atoms with Gasteiger partial charge in [-0.3, -0.25) is 4.79 Å². The van der Waals surface area contributed by atoms with Gasteiger partial charge in [0, 0.05) is 13.0 Å². The average molecular weight is 397 g/mol. The van der Waals surface area contributed by atoms with Gasteiger partial charge in [0.1, 0.15) is 11.5 Å². The molecular weight excluding hydrogens is 375 g/mol. The Hall–Kier alpha value is -2.74. The third-order valence-electron chi connectivity index (χ3n) is 4.23. The predicted octanol–water partition coefficient (Wildman–Crippen LogP) is 3.51. The Balaban J connectivity index is 1.95. The van der Waals surface area contributed by atoms with Crippen LogP contribution in [-0.4, -0.2) is 31.8 Å². The number of nitrogens with one attached hydrogen (secondary N) is 1. The van der Waals surface area contributed by atoms with Crippen LogP contribution in [0.1, 0.15) is 29.2 Å². The van der Waals surface area contributed by atoms with Crippen LogP contribution in [0, 0.1) is 0 Å². The fourth-order valence-electron chi connectivity index (χ4n) is 2.78. The number of amides is 1. The molecule has 0 bridgehead atoms. The Morgan fingerprint density at radius 2 is 1.86 bits per heavy atom. The highest BCUT2D eigenvalue weighted by Crippen LogP contribution is 2.34. The zero-order valence-electron chi connectivity index (χ0n) is 15.5. The minimum Gasteiger partial charge on any atom is -0.497 e. The fraction of sp³-hybridized carbons (Fsp3) is 0.350. The summed E-state index contributed by atoms with van der Waals surface area (Å²) in [6.07, 6.45) is -5.61. The van der Waals surface area contributed by atoms with Crippen LogP contribution in [0.5, 0.6) is 11.5 Å². The molecule has 152 valence electrons. The molecule has 0 saturated carbocycles. The molecule has 0 fully saturated rings. The van der Waals surface area contributed by atoms with Gasteiger partial charge in [-0.2, -0.15) is 13.2 Å². The molecule has 0 spiro atoms. The Labute approximate surface area is 161 Å². The second kappa shape index (κ2) is 9.45. The van der Waals surface area contributed by atoms with E-state index in [9.17, 15) is 23.1 Å². The van der Waals surface area contributed by atoms with Crippen LogP contribution in [0.25, 0.3) is 0 Å². The lowest BCUT2D eigenvalue weighted by molar-refractivity contribution is -0.139. The highest BCUT2D eigenvalue weighted by atomic mass is 19.4. The van der Waals surface area contributed by atoms with Gasteiger partial charge in [-0.1, -0.05) is 18.2 Å². The van der Waals surface area contributed by atoms with Crippen molar-refractivity contribution in [3.63, 3.8) is 0 Å². The van der Waals surface area contributed by atoms with E-state index in [1.807, 2.05) is 0 Å². The van der Waals surface area contributed by atoms with Crippen LogP contribution in [-0.2, 0) is 17.4 Å². The molecule has 1 amide bonds. The van der Waals surface area contributed by atoms with Gasteiger partial charge in [0.15, 0.2) is 0 Å². The number of halogens is 3. The number of benzene rings is 2. The van der Waals surface area contributed by atoms with Crippen molar-refractivity contribution in [3.05, 3.63) is 59.2 Å². The molecule has 28 heavy (non-hydrogen) atoms. The number of carbonyl (C=O) groups excluding carboxylic acids is 1. The van der Waals surface area contributed by atoms with Gasteiger partial charge in [-0.15, -0.1) is 0 Å². The standard InChI is InChI=1S/C20H22F3NO4/c1-27-14-8-9-18(28-2)13(11-14)7-10-19(26)24-12-17(25)15-5-3-4-6-16(15)20(21,22)23/h3-6,8-9,11,17,25H,7,10,12H2,1-2H3,(H,24,26). The first kappa shape index (κ1) is 21.6. The summed E-state index contributed by atoms with van der Waals surface area (Å²) in [5.41, 5.74) is -0.428. The topological polar surface area (TPSA) is 67.8 Å². The summed E-state index contributed by atoms with van der Waals surface area (Å²) < 4.78 is 49.5. The Morgan fingerprint density at radius 1 is 1.14 bits per heavy atom. The van der Waals surface area contributed by atoms with E-state index in [1.54, 1.807) is 18.2 Å². The second-order valence-electron chi connectivity index (χ2n) is 6.08. The van der Waals surface area contributed by atoms with Crippen molar-refractivity contribution in [3.8, 4) is 11.5 Å². The summed E-state index contributed by atoms with van der Waals surface area (Å²) in [7, 11) is 3.04. The second-order valence-corrected chi connectivity index (χ2v) is 6.08. The Kier molecular flexibility index (Phi) is 7.28. The fourth-order valence-corrected chi connectivity index (χ4v) is 2.78. The molecule has 2 rings (SSSR count). The quantitative estimate of drug-likeness (QED) is 0.716. The summed E-state index contributed by atoms with van der Waals surface area (Å²) in [4.78, 5) is 12.1. The summed E-state index contributed by atoms with van der Waals surface area (Å²) in [6.45, 7) is -0.318. The lowest BCUT2D eigenvalue weighted by Crippen LogP contribution is -2.29. The molecule has 1 unspecified atom stereocenters. The molecule has 0 saturated heterocycles. The maximum atomic E-state index is 13.0. The maximum Gasteiger partial charge on any atom is 0.416 e. The molecule has 0 aliphatic carbocycles. The molecule has 8 heteroatoms. The van der Waals surface area contributed by atoms with Crippen molar-refractivity contribution in [2.75, 3.05) is 20.8 Å². The van der Waals surface area contributed by atoms with Crippen molar-refractivity contribution < 1.29 is 32.5 Å². The molecule has 0 aliphatic heterocycles. The molecular formula is C20H22F3NO4. The zero-order chi connectivity index (χ0) is 20.7. The van der Waals surface area contributed by atoms with Crippen molar-refractivity contribution in [2.24, 2.45) is 0 Å². The molecule has 2 aromatic rings. The van der Waals surface area contributed by atoms with Crippen LogP contribution in [0.15, 0.2) is 42.5 Å². The van der Waals surface area contributed by atoms with Gasteiger partial charge >= 0.3 is 6.18 Å². The summed E-state index contributed by atoms with van der Waals surface area (Å²) in [5, 5.41) is 12.6. The summed E-state index contributed by atoms with van der Waals surface area (Å²) >= 11 is 0. The highest BCUT2D eigenvalue weighted by Gasteiger charge is 2.34. The first-order chi connectivity index (χ1) is 13.3. The first-order valence-electron chi connectivity index (χ1n) is 8.58. The number of aryl methyl sites for hydroxylation is 1. The minimum absolute atomic E-state index is 0.0805. The van der Waals surface area contributed by atoms with Gasteiger partial charge in [-0.05, 0) is 41.8 Å². The van der Waals surface area contributed by atoms with Crippen molar-refractivity contribution in [2.45, 2.75) is 25.1 Å². The molecule has 0 radical (unpaired) electrons. The van der Waals surface area contributed by atoms with Gasteiger partial charge in [0.25, 0.3) is 0 Å². The molecule has 1 atom stereocenters. The number of ether oxygens (including phenoxy) is 2. The highest BCUT2D eigenvalue weighted by molar-refractivity contribution is 5.76. The number of alkyl halides is 3. The molecule has 0 aromatic heterocycles. The number of hydrogen-bond acceptors (Lipinski definition) is 4. The molecule has 0 heterocycles. The van der Waals surface area contributed by atoms with E-state index in [0.29, 0.717) is 17.9 Å². The normalized spacial score (nSPS) is 12.4. The SMILES string of the molecule is COc1ccc(OC)c(CCC(=O)NCC(O)c2ccccc2C(F)(F)F)c1. The average Bonchev–Trinajstić information content (AvgIpc) is 2.69. The van der Waals surface area contributed by atoms with E-state index in [-0.39, 0.29) is 18.5 Å². The number of carbonyl (C=O) groups is 1. The van der Waals surface area contributed by atoms with E-state index >= 15 is 0 Å². The number of hydrogen-bond donors (Lipinski definition) is 2. The Bertz CT molecular complexity index is 808. The van der Waals surface area contributed by atoms with Gasteiger partial charge in [0.05, 0.1) is 25.9 Å². The van der Waals surface area contributed by atoms with E-state index in [4.69, 9.17) is 9.47 Å². The van der Waals surface area contributed by atoms with Crippen molar-refractivity contribution >= 4 is 5.91 Å². The number of aliphatic hydroxyl groups is 1. The summed E-state index contributed by atoms with van der Waals surface area (Å²) in [5.74, 6) is 0.830. The lowest BCUT2D eigenvalue weighted by atomic mass is 10.0. The third-order valence-corrected chi connectivity index (χ3v) is 4.23. The van der Waals surface area contributed by atoms with E-state index in [0.717, 1.165) is 11.6 Å². The van der Waals surface area contributed by atoms with E-state index < -0.39 is 23.8 Å². The largest absolute Gasteiger partial charge is 0.497 e. The molecule has 5 nitrogen and oxygen atoms in total. The van der Waals surface area contributed by atoms with Gasteiger partial charge in [-0.25, -0.2) is 0 Å². The van der Waals surface area contributed by atoms with Crippen molar-refractivity contribution in [1.82, 2.24) is 5.32 Å². The number of aliphatic hydroxyl groups excluding tert-OH is 1. The zero-order valence-corrected chi connectivity index (χ0v) is 15.5. The van der Waals surface area contributed by atoms with Gasteiger partial charge in [0.2, 0.25) is 5.91 Å². The summed E-state index contributed by atoms with van der Waals surface area (Å²) in [6, 6.07) is 9.96. The maximum absolute atomic E-state index is 13.0. The monoisotopic (exact) mass is 397 g/mol. The van der Waals surface area contributed by atoms with Crippen LogP contribution in [0.4, 0.5) is 13.2 Å². The van der Waals surface area contributed by atoms with E-state index in [2.05, 4.69) is 5.32 Å². The Morgan fingerprint density at radius 3 is 2.50 bits per heavy atom. The van der Waals surface area contributed by atoms with Gasteiger partial charge < -0.3 is 19.9 Å². The van der Waals surface area contributed by atoms with Crippen LogP contribution < -0.4 is 14.8 Å². The molecule has 2 N–H and O–H groups in total. The van der Waals surface area contributed by atoms with Crippen LogP contribution >= 0.6 is 0 Å². The van der Waals surface area contributed by atoms with Crippen LogP contribution in [0.2, 0.25) is 0 Å². The van der Waals surface area contributed by atoms with E-state index in [1.165, 1.54) is 32.4 Å². The van der Waals surface area contributed by atoms with Crippen LogP contribution in [0.3, 0.4) is 0 Å². The predicted molar refractivity (Wildman–Crippen MR) is 97.3 cm³/mol. The van der Waals surface area contributed by atoms with Crippen molar-refractivity contribution in [1.29, 1.82) is 0 Å². The number of rotatable bonds is 8. The third kappa shape index (κ3) is 5.63. The lowest BCUT2D eigenvalue weighted by Gasteiger charge is -2.18. The minimum atomic E-state index is -4.58.